The van der Waals surface area contributed by atoms with Gasteiger partial charge in [-0.1, -0.05) is 39.0 Å². The molecule has 1 aromatic heterocycles. The number of carbonyl (C=O) groups excluding carboxylic acids is 1. The van der Waals surface area contributed by atoms with Crippen molar-refractivity contribution < 1.29 is 4.79 Å². The zero-order valence-electron chi connectivity index (χ0n) is 10.5. The standard InChI is InChI=1S/C14H23NO/c1-3-4-5-6-7-8-11-15-12-9-10-14(15)13(2)16/h9-10,12H,3-8,11H2,1-2H3. The smallest absolute Gasteiger partial charge is 0.176 e. The van der Waals surface area contributed by atoms with Crippen molar-refractivity contribution in [2.45, 2.75) is 58.9 Å². The number of hydrogen-bond donors (Lipinski definition) is 0. The van der Waals surface area contributed by atoms with Gasteiger partial charge in [0.2, 0.25) is 0 Å². The number of nitrogens with zero attached hydrogens (tertiary/aromatic N) is 1. The van der Waals surface area contributed by atoms with Crippen molar-refractivity contribution in [2.24, 2.45) is 0 Å². The molecular formula is C14H23NO. The maximum atomic E-state index is 11.3. The van der Waals surface area contributed by atoms with E-state index in [0.29, 0.717) is 0 Å². The van der Waals surface area contributed by atoms with Gasteiger partial charge < -0.3 is 4.57 Å². The minimum absolute atomic E-state index is 0.163. The molecule has 90 valence electrons. The number of aromatic nitrogens is 1. The lowest BCUT2D eigenvalue weighted by molar-refractivity contribution is 0.100. The molecule has 1 rings (SSSR count). The van der Waals surface area contributed by atoms with Crippen LogP contribution in [0.3, 0.4) is 0 Å². The molecule has 0 fully saturated rings. The van der Waals surface area contributed by atoms with Crippen LogP contribution in [0.1, 0.15) is 62.9 Å². The average Bonchev–Trinajstić information content (AvgIpc) is 2.71. The quantitative estimate of drug-likeness (QED) is 0.479. The highest BCUT2D eigenvalue weighted by Crippen LogP contribution is 2.09. The summed E-state index contributed by atoms with van der Waals surface area (Å²) in [6.07, 6.45) is 9.78. The summed E-state index contributed by atoms with van der Waals surface area (Å²) in [6.45, 7) is 4.85. The van der Waals surface area contributed by atoms with Gasteiger partial charge in [-0.2, -0.15) is 0 Å². The molecule has 0 radical (unpaired) electrons. The van der Waals surface area contributed by atoms with Crippen LogP contribution < -0.4 is 0 Å². The maximum Gasteiger partial charge on any atom is 0.176 e. The number of hydrogen-bond acceptors (Lipinski definition) is 1. The van der Waals surface area contributed by atoms with E-state index in [2.05, 4.69) is 11.5 Å². The number of unbranched alkanes of at least 4 members (excludes halogenated alkanes) is 5. The third kappa shape index (κ3) is 4.21. The molecule has 2 nitrogen and oxygen atoms in total. The fourth-order valence-electron chi connectivity index (χ4n) is 1.99. The molecule has 0 aromatic carbocycles. The van der Waals surface area contributed by atoms with E-state index in [1.807, 2.05) is 18.3 Å². The fraction of sp³-hybridized carbons (Fsp3) is 0.643. The molecule has 0 aliphatic rings. The fourth-order valence-corrected chi connectivity index (χ4v) is 1.99. The van der Waals surface area contributed by atoms with E-state index in [0.717, 1.165) is 12.2 Å². The van der Waals surface area contributed by atoms with Crippen molar-refractivity contribution in [3.8, 4) is 0 Å². The summed E-state index contributed by atoms with van der Waals surface area (Å²) in [5.74, 6) is 0.163. The van der Waals surface area contributed by atoms with E-state index in [-0.39, 0.29) is 5.78 Å². The van der Waals surface area contributed by atoms with Crippen molar-refractivity contribution in [3.05, 3.63) is 24.0 Å². The Balaban J connectivity index is 2.21. The Morgan fingerprint density at radius 1 is 1.19 bits per heavy atom. The highest BCUT2D eigenvalue weighted by atomic mass is 16.1. The Morgan fingerprint density at radius 2 is 1.88 bits per heavy atom. The van der Waals surface area contributed by atoms with E-state index in [9.17, 15) is 4.79 Å². The van der Waals surface area contributed by atoms with E-state index >= 15 is 0 Å². The molecular weight excluding hydrogens is 198 g/mol. The van der Waals surface area contributed by atoms with Gasteiger partial charge in [-0.25, -0.2) is 0 Å². The molecule has 0 atom stereocenters. The molecule has 1 heterocycles. The Bertz CT molecular complexity index is 314. The molecule has 16 heavy (non-hydrogen) atoms. The number of rotatable bonds is 8. The monoisotopic (exact) mass is 221 g/mol. The second kappa shape index (κ2) is 7.26. The van der Waals surface area contributed by atoms with Crippen LogP contribution in [0.4, 0.5) is 0 Å². The minimum atomic E-state index is 0.163. The molecule has 0 spiro atoms. The Kier molecular flexibility index (Phi) is 5.91. The first kappa shape index (κ1) is 13.0. The first-order valence-electron chi connectivity index (χ1n) is 6.41. The van der Waals surface area contributed by atoms with Gasteiger partial charge in [0.15, 0.2) is 5.78 Å². The van der Waals surface area contributed by atoms with Gasteiger partial charge in [0.1, 0.15) is 0 Å². The summed E-state index contributed by atoms with van der Waals surface area (Å²) in [5, 5.41) is 0. The van der Waals surface area contributed by atoms with Crippen LogP contribution in [0.25, 0.3) is 0 Å². The van der Waals surface area contributed by atoms with E-state index in [1.165, 1.54) is 38.5 Å². The summed E-state index contributed by atoms with van der Waals surface area (Å²) in [5.41, 5.74) is 0.841. The maximum absolute atomic E-state index is 11.3. The lowest BCUT2D eigenvalue weighted by Crippen LogP contribution is -2.05. The predicted octanol–water partition coefficient (Wildman–Crippen LogP) is 4.05. The molecule has 0 N–H and O–H groups in total. The summed E-state index contributed by atoms with van der Waals surface area (Å²) >= 11 is 0. The van der Waals surface area contributed by atoms with Crippen LogP contribution in [0, 0.1) is 0 Å². The summed E-state index contributed by atoms with van der Waals surface area (Å²) in [6, 6.07) is 3.85. The Labute approximate surface area is 98.7 Å². The van der Waals surface area contributed by atoms with Gasteiger partial charge in [-0.15, -0.1) is 0 Å². The zero-order chi connectivity index (χ0) is 11.8. The molecule has 1 aromatic rings. The average molecular weight is 221 g/mol. The highest BCUT2D eigenvalue weighted by Gasteiger charge is 2.04. The summed E-state index contributed by atoms with van der Waals surface area (Å²) < 4.78 is 2.07. The molecule has 0 saturated heterocycles. The third-order valence-corrected chi connectivity index (χ3v) is 2.94. The van der Waals surface area contributed by atoms with Crippen LogP contribution in [-0.4, -0.2) is 10.4 Å². The normalized spacial score (nSPS) is 10.6. The summed E-state index contributed by atoms with van der Waals surface area (Å²) in [4.78, 5) is 11.3. The van der Waals surface area contributed by atoms with Crippen molar-refractivity contribution >= 4 is 5.78 Å². The van der Waals surface area contributed by atoms with E-state index in [4.69, 9.17) is 0 Å². The van der Waals surface area contributed by atoms with Crippen molar-refractivity contribution in [1.29, 1.82) is 0 Å². The summed E-state index contributed by atoms with van der Waals surface area (Å²) in [7, 11) is 0. The number of ketones is 1. The van der Waals surface area contributed by atoms with Crippen molar-refractivity contribution in [2.75, 3.05) is 0 Å². The second-order valence-electron chi connectivity index (χ2n) is 4.41. The Hall–Kier alpha value is -1.05. The lowest BCUT2D eigenvalue weighted by Gasteiger charge is -2.06. The molecule has 0 saturated carbocycles. The molecule has 0 amide bonds. The van der Waals surface area contributed by atoms with Gasteiger partial charge in [-0.3, -0.25) is 4.79 Å². The number of aryl methyl sites for hydroxylation is 1. The van der Waals surface area contributed by atoms with Crippen LogP contribution in [0.5, 0.6) is 0 Å². The van der Waals surface area contributed by atoms with E-state index < -0.39 is 0 Å². The molecule has 0 aliphatic heterocycles. The highest BCUT2D eigenvalue weighted by molar-refractivity contribution is 5.92. The third-order valence-electron chi connectivity index (χ3n) is 2.94. The van der Waals surface area contributed by atoms with Gasteiger partial charge in [0.25, 0.3) is 0 Å². The minimum Gasteiger partial charge on any atom is -0.345 e. The molecule has 2 heteroatoms. The molecule has 0 aliphatic carbocycles. The van der Waals surface area contributed by atoms with Gasteiger partial charge >= 0.3 is 0 Å². The van der Waals surface area contributed by atoms with Crippen LogP contribution in [0.2, 0.25) is 0 Å². The first-order valence-corrected chi connectivity index (χ1v) is 6.41. The number of Topliss-reactive ketones (excluding diaryl/α,β-unsaturated/α-hetero) is 1. The van der Waals surface area contributed by atoms with Crippen LogP contribution in [-0.2, 0) is 6.54 Å². The first-order chi connectivity index (χ1) is 7.75. The van der Waals surface area contributed by atoms with Crippen LogP contribution >= 0.6 is 0 Å². The SMILES string of the molecule is CCCCCCCCn1cccc1C(C)=O. The topological polar surface area (TPSA) is 22.0 Å². The van der Waals surface area contributed by atoms with Crippen molar-refractivity contribution in [1.82, 2.24) is 4.57 Å². The van der Waals surface area contributed by atoms with Gasteiger partial charge in [0.05, 0.1) is 5.69 Å². The second-order valence-corrected chi connectivity index (χ2v) is 4.41. The molecule has 0 unspecified atom stereocenters. The van der Waals surface area contributed by atoms with Crippen LogP contribution in [0.15, 0.2) is 18.3 Å². The molecule has 0 bridgehead atoms. The van der Waals surface area contributed by atoms with Crippen molar-refractivity contribution in [3.63, 3.8) is 0 Å². The van der Waals surface area contributed by atoms with E-state index in [1.54, 1.807) is 6.92 Å². The predicted molar refractivity (Wildman–Crippen MR) is 67.8 cm³/mol. The Morgan fingerprint density at radius 3 is 2.56 bits per heavy atom. The van der Waals surface area contributed by atoms with Gasteiger partial charge in [-0.05, 0) is 18.6 Å². The largest absolute Gasteiger partial charge is 0.345 e. The van der Waals surface area contributed by atoms with Gasteiger partial charge in [0, 0.05) is 19.7 Å². The number of carbonyl (C=O) groups is 1. The zero-order valence-corrected chi connectivity index (χ0v) is 10.5. The lowest BCUT2D eigenvalue weighted by atomic mass is 10.1.